The molecular formula is C16H21N3O. The molecule has 4 heteroatoms. The van der Waals surface area contributed by atoms with Crippen molar-refractivity contribution in [2.75, 3.05) is 18.0 Å². The van der Waals surface area contributed by atoms with Crippen LogP contribution in [-0.2, 0) is 11.3 Å². The molecule has 2 N–H and O–H groups in total. The Bertz CT molecular complexity index is 604. The number of benzene rings is 1. The Labute approximate surface area is 119 Å². The van der Waals surface area contributed by atoms with Crippen molar-refractivity contribution in [2.45, 2.75) is 32.6 Å². The smallest absolute Gasteiger partial charge is 0.129 e. The molecule has 1 aromatic heterocycles. The van der Waals surface area contributed by atoms with Crippen LogP contribution >= 0.6 is 0 Å². The predicted molar refractivity (Wildman–Crippen MR) is 81.9 cm³/mol. The van der Waals surface area contributed by atoms with E-state index in [1.807, 2.05) is 18.2 Å². The second-order valence-corrected chi connectivity index (χ2v) is 5.52. The monoisotopic (exact) mass is 271 g/mol. The molecule has 20 heavy (non-hydrogen) atoms. The normalized spacial score (nSPS) is 23.2. The number of pyridine rings is 1. The van der Waals surface area contributed by atoms with Crippen molar-refractivity contribution in [2.24, 2.45) is 5.73 Å². The molecular weight excluding hydrogens is 250 g/mol. The van der Waals surface area contributed by atoms with Crippen LogP contribution in [0.4, 0.5) is 5.82 Å². The minimum absolute atomic E-state index is 0.230. The zero-order valence-electron chi connectivity index (χ0n) is 12.0. The van der Waals surface area contributed by atoms with Crippen LogP contribution in [0.5, 0.6) is 0 Å². The summed E-state index contributed by atoms with van der Waals surface area (Å²) in [7, 11) is 0. The summed E-state index contributed by atoms with van der Waals surface area (Å²) in [5.74, 6) is 1.01. The number of aromatic nitrogens is 1. The Morgan fingerprint density at radius 1 is 1.25 bits per heavy atom. The van der Waals surface area contributed by atoms with Gasteiger partial charge in [0.1, 0.15) is 5.82 Å². The molecule has 4 nitrogen and oxygen atoms in total. The van der Waals surface area contributed by atoms with Crippen LogP contribution in [0.3, 0.4) is 0 Å². The van der Waals surface area contributed by atoms with Crippen molar-refractivity contribution in [3.05, 3.63) is 35.9 Å². The highest BCUT2D eigenvalue weighted by Crippen LogP contribution is 2.25. The number of nitrogens with two attached hydrogens (primary N) is 1. The summed E-state index contributed by atoms with van der Waals surface area (Å²) in [6, 6.07) is 10.3. The van der Waals surface area contributed by atoms with Crippen molar-refractivity contribution in [1.82, 2.24) is 4.98 Å². The van der Waals surface area contributed by atoms with Crippen LogP contribution in [0.25, 0.3) is 10.9 Å². The van der Waals surface area contributed by atoms with E-state index in [0.717, 1.165) is 35.4 Å². The van der Waals surface area contributed by atoms with Crippen molar-refractivity contribution in [3.8, 4) is 0 Å². The first-order chi connectivity index (χ1) is 9.67. The Kier molecular flexibility index (Phi) is 3.59. The van der Waals surface area contributed by atoms with E-state index in [9.17, 15) is 0 Å². The molecule has 1 aliphatic heterocycles. The standard InChI is InChI=1S/C16H21N3O/c1-11-9-19(10-12(2)20-11)16-7-13(8-17)14-5-3-4-6-15(14)18-16/h3-7,11-12H,8-10,17H2,1-2H3. The van der Waals surface area contributed by atoms with Crippen LogP contribution in [0, 0.1) is 0 Å². The average Bonchev–Trinajstić information content (AvgIpc) is 2.45. The fraction of sp³-hybridized carbons (Fsp3) is 0.438. The van der Waals surface area contributed by atoms with Crippen LogP contribution in [0.15, 0.2) is 30.3 Å². The SMILES string of the molecule is CC1CN(c2cc(CN)c3ccccc3n2)CC(C)O1. The van der Waals surface area contributed by atoms with Gasteiger partial charge in [-0.3, -0.25) is 0 Å². The molecule has 1 aromatic carbocycles. The molecule has 1 fully saturated rings. The first kappa shape index (κ1) is 13.3. The summed E-state index contributed by atoms with van der Waals surface area (Å²) < 4.78 is 5.79. The number of anilines is 1. The number of morpholine rings is 1. The molecule has 2 heterocycles. The first-order valence-electron chi connectivity index (χ1n) is 7.16. The van der Waals surface area contributed by atoms with Crippen molar-refractivity contribution >= 4 is 16.7 Å². The van der Waals surface area contributed by atoms with Gasteiger partial charge in [0.2, 0.25) is 0 Å². The third-order valence-electron chi connectivity index (χ3n) is 3.75. The van der Waals surface area contributed by atoms with E-state index in [0.29, 0.717) is 6.54 Å². The first-order valence-corrected chi connectivity index (χ1v) is 7.16. The summed E-state index contributed by atoms with van der Waals surface area (Å²) in [6.45, 7) is 6.49. The third-order valence-corrected chi connectivity index (χ3v) is 3.75. The van der Waals surface area contributed by atoms with Gasteiger partial charge in [-0.15, -0.1) is 0 Å². The lowest BCUT2D eigenvalue weighted by Crippen LogP contribution is -2.45. The van der Waals surface area contributed by atoms with Gasteiger partial charge in [0.15, 0.2) is 0 Å². The van der Waals surface area contributed by atoms with E-state index in [4.69, 9.17) is 15.5 Å². The average molecular weight is 271 g/mol. The molecule has 0 amide bonds. The molecule has 106 valence electrons. The van der Waals surface area contributed by atoms with Gasteiger partial charge in [-0.2, -0.15) is 0 Å². The van der Waals surface area contributed by atoms with E-state index in [2.05, 4.69) is 30.9 Å². The summed E-state index contributed by atoms with van der Waals surface area (Å²) in [6.07, 6.45) is 0.460. The minimum Gasteiger partial charge on any atom is -0.372 e. The topological polar surface area (TPSA) is 51.4 Å². The molecule has 0 saturated carbocycles. The van der Waals surface area contributed by atoms with Gasteiger partial charge >= 0.3 is 0 Å². The number of ether oxygens (including phenoxy) is 1. The number of rotatable bonds is 2. The Balaban J connectivity index is 2.03. The van der Waals surface area contributed by atoms with Gasteiger partial charge in [0, 0.05) is 25.0 Å². The second-order valence-electron chi connectivity index (χ2n) is 5.52. The number of hydrogen-bond acceptors (Lipinski definition) is 4. The maximum Gasteiger partial charge on any atom is 0.129 e. The number of para-hydroxylation sites is 1. The largest absolute Gasteiger partial charge is 0.372 e. The molecule has 0 spiro atoms. The number of nitrogens with zero attached hydrogens (tertiary/aromatic N) is 2. The molecule has 0 bridgehead atoms. The Hall–Kier alpha value is -1.65. The van der Waals surface area contributed by atoms with E-state index < -0.39 is 0 Å². The lowest BCUT2D eigenvalue weighted by molar-refractivity contribution is -0.00544. The van der Waals surface area contributed by atoms with E-state index >= 15 is 0 Å². The van der Waals surface area contributed by atoms with Gasteiger partial charge in [-0.25, -0.2) is 4.98 Å². The van der Waals surface area contributed by atoms with Gasteiger partial charge in [-0.1, -0.05) is 18.2 Å². The van der Waals surface area contributed by atoms with E-state index in [1.54, 1.807) is 0 Å². The van der Waals surface area contributed by atoms with E-state index in [-0.39, 0.29) is 12.2 Å². The van der Waals surface area contributed by atoms with Crippen molar-refractivity contribution < 1.29 is 4.74 Å². The maximum atomic E-state index is 5.90. The molecule has 1 aliphatic rings. The highest BCUT2D eigenvalue weighted by Gasteiger charge is 2.23. The number of hydrogen-bond donors (Lipinski definition) is 1. The van der Waals surface area contributed by atoms with Gasteiger partial charge in [0.05, 0.1) is 17.7 Å². The fourth-order valence-electron chi connectivity index (χ4n) is 2.93. The van der Waals surface area contributed by atoms with Crippen LogP contribution < -0.4 is 10.6 Å². The second kappa shape index (κ2) is 5.38. The molecule has 0 aliphatic carbocycles. The third kappa shape index (κ3) is 2.49. The van der Waals surface area contributed by atoms with Gasteiger partial charge < -0.3 is 15.4 Å². The maximum absolute atomic E-state index is 5.90. The lowest BCUT2D eigenvalue weighted by atomic mass is 10.1. The quantitative estimate of drug-likeness (QED) is 0.910. The lowest BCUT2D eigenvalue weighted by Gasteiger charge is -2.36. The van der Waals surface area contributed by atoms with E-state index in [1.165, 1.54) is 0 Å². The highest BCUT2D eigenvalue weighted by molar-refractivity contribution is 5.84. The summed E-state index contributed by atoms with van der Waals surface area (Å²) in [4.78, 5) is 7.09. The zero-order valence-corrected chi connectivity index (χ0v) is 12.0. The van der Waals surface area contributed by atoms with Crippen LogP contribution in [-0.4, -0.2) is 30.3 Å². The summed E-state index contributed by atoms with van der Waals surface area (Å²) >= 11 is 0. The van der Waals surface area contributed by atoms with Gasteiger partial charge in [-0.05, 0) is 31.5 Å². The van der Waals surface area contributed by atoms with Crippen LogP contribution in [0.1, 0.15) is 19.4 Å². The molecule has 2 unspecified atom stereocenters. The zero-order chi connectivity index (χ0) is 14.1. The van der Waals surface area contributed by atoms with Crippen LogP contribution in [0.2, 0.25) is 0 Å². The fourth-order valence-corrected chi connectivity index (χ4v) is 2.93. The molecule has 2 aromatic rings. The molecule has 3 rings (SSSR count). The number of fused-ring (bicyclic) bond motifs is 1. The predicted octanol–water partition coefficient (Wildman–Crippen LogP) is 2.31. The summed E-state index contributed by atoms with van der Waals surface area (Å²) in [5, 5.41) is 1.15. The van der Waals surface area contributed by atoms with Gasteiger partial charge in [0.25, 0.3) is 0 Å². The molecule has 2 atom stereocenters. The minimum atomic E-state index is 0.230. The molecule has 0 radical (unpaired) electrons. The van der Waals surface area contributed by atoms with Crippen molar-refractivity contribution in [3.63, 3.8) is 0 Å². The highest BCUT2D eigenvalue weighted by atomic mass is 16.5. The van der Waals surface area contributed by atoms with Crippen molar-refractivity contribution in [1.29, 1.82) is 0 Å². The Morgan fingerprint density at radius 2 is 1.95 bits per heavy atom. The summed E-state index contributed by atoms with van der Waals surface area (Å²) in [5.41, 5.74) is 8.06. The molecule has 1 saturated heterocycles. The Morgan fingerprint density at radius 3 is 2.65 bits per heavy atom.